The maximum absolute atomic E-state index is 5.19. The molecular formula is C57H39AlN3O. The van der Waals surface area contributed by atoms with E-state index in [-0.39, 0.29) is 0 Å². The van der Waals surface area contributed by atoms with Gasteiger partial charge in [0.25, 0.3) is 0 Å². The normalized spacial score (nSPS) is 11.9. The molecule has 1 aromatic heterocycles. The highest BCUT2D eigenvalue weighted by Crippen LogP contribution is 2.52. The third-order valence-corrected chi connectivity index (χ3v) is 12.2. The van der Waals surface area contributed by atoms with Crippen molar-refractivity contribution >= 4 is 61.7 Å². The molecule has 0 aliphatic carbocycles. The molecule has 12 rings (SSSR count). The van der Waals surface area contributed by atoms with E-state index in [2.05, 4.69) is 209 Å². The molecule has 291 valence electrons. The molecule has 0 amide bonds. The van der Waals surface area contributed by atoms with Crippen LogP contribution in [0.4, 0.5) is 34.1 Å². The fourth-order valence-corrected chi connectivity index (χ4v) is 9.34. The summed E-state index contributed by atoms with van der Waals surface area (Å²) < 4.78 is 5.19. The lowest BCUT2D eigenvalue weighted by Crippen LogP contribution is -2.11. The monoisotopic (exact) mass is 808 g/mol. The maximum Gasteiger partial charge on any atom is 0.494 e. The standard InChI is InChI=1S/C48H32N2.C9H7NO.Al.H/c1-2-14-38-37(13-1)41-17-5-9-21-45(41)49(46-22-10-6-18-42(38)46)35-29-25-33(26-30-35)34-27-31-36(32-28-34)50-47-23-11-7-19-43(47)39-15-3-4-16-40(39)44-20-8-12-24-48(44)50;11-8-5-1-3-7-4-2-6-10-9(7)8;;/h1-32H;1-6,11H;;/q;;+1;/p-1. The van der Waals surface area contributed by atoms with Crippen molar-refractivity contribution in [2.45, 2.75) is 0 Å². The van der Waals surface area contributed by atoms with E-state index in [0.717, 1.165) is 28.0 Å². The Morgan fingerprint density at radius 2 is 0.661 bits per heavy atom. The first kappa shape index (κ1) is 37.3. The van der Waals surface area contributed by atoms with Crippen molar-refractivity contribution in [1.82, 2.24) is 4.98 Å². The largest absolute Gasteiger partial charge is 0.649 e. The second-order valence-corrected chi connectivity index (χ2v) is 15.7. The average Bonchev–Trinajstić information content (AvgIpc) is 3.56. The van der Waals surface area contributed by atoms with Crippen LogP contribution in [0.3, 0.4) is 0 Å². The summed E-state index contributed by atoms with van der Waals surface area (Å²) in [7, 11) is 0. The van der Waals surface area contributed by atoms with Crippen LogP contribution in [-0.2, 0) is 0 Å². The molecule has 0 spiro atoms. The zero-order chi connectivity index (χ0) is 41.4. The van der Waals surface area contributed by atoms with Crippen LogP contribution in [0.1, 0.15) is 0 Å². The molecular weight excluding hydrogens is 770 g/mol. The lowest BCUT2D eigenvalue weighted by atomic mass is 9.95. The number of hydrogen-bond donors (Lipinski definition) is 0. The van der Waals surface area contributed by atoms with E-state index in [1.165, 1.54) is 95.0 Å². The molecule has 0 bridgehead atoms. The molecule has 10 aromatic rings. The van der Waals surface area contributed by atoms with Crippen LogP contribution in [0.2, 0.25) is 0 Å². The fraction of sp³-hybridized carbons (Fsp3) is 0. The predicted octanol–water partition coefficient (Wildman–Crippen LogP) is 15.0. The summed E-state index contributed by atoms with van der Waals surface area (Å²) in [5.41, 5.74) is 20.3. The Kier molecular flexibility index (Phi) is 9.67. The van der Waals surface area contributed by atoms with E-state index in [4.69, 9.17) is 3.79 Å². The van der Waals surface area contributed by atoms with Crippen molar-refractivity contribution in [3.8, 4) is 61.4 Å². The van der Waals surface area contributed by atoms with Gasteiger partial charge in [0.1, 0.15) is 11.3 Å². The van der Waals surface area contributed by atoms with E-state index in [0.29, 0.717) is 0 Å². The van der Waals surface area contributed by atoms with Gasteiger partial charge in [0.15, 0.2) is 0 Å². The summed E-state index contributed by atoms with van der Waals surface area (Å²) in [6, 6.07) is 80.4. The predicted molar refractivity (Wildman–Crippen MR) is 260 cm³/mol. The van der Waals surface area contributed by atoms with Gasteiger partial charge in [-0.1, -0.05) is 164 Å². The molecule has 62 heavy (non-hydrogen) atoms. The number of rotatable bonds is 4. The quantitative estimate of drug-likeness (QED) is 0.166. The third kappa shape index (κ3) is 6.53. The summed E-state index contributed by atoms with van der Waals surface area (Å²) in [4.78, 5) is 9.04. The van der Waals surface area contributed by atoms with Gasteiger partial charge in [0, 0.05) is 45.2 Å². The Bertz CT molecular complexity index is 2930. The van der Waals surface area contributed by atoms with Gasteiger partial charge >= 0.3 is 16.6 Å². The van der Waals surface area contributed by atoms with Gasteiger partial charge < -0.3 is 13.6 Å². The molecule has 5 heteroatoms. The zero-order valence-corrected chi connectivity index (χ0v) is 35.3. The van der Waals surface area contributed by atoms with E-state index < -0.39 is 0 Å². The van der Waals surface area contributed by atoms with Crippen LogP contribution in [0.5, 0.6) is 5.75 Å². The van der Waals surface area contributed by atoms with Crippen molar-refractivity contribution in [3.63, 3.8) is 0 Å². The topological polar surface area (TPSA) is 28.6 Å². The minimum Gasteiger partial charge on any atom is -0.649 e. The van der Waals surface area contributed by atoms with Crippen molar-refractivity contribution in [1.29, 1.82) is 0 Å². The lowest BCUT2D eigenvalue weighted by Gasteiger charge is -2.28. The number of hydrogen-bond acceptors (Lipinski definition) is 4. The molecule has 0 atom stereocenters. The van der Waals surface area contributed by atoms with Gasteiger partial charge in [-0.25, -0.2) is 0 Å². The van der Waals surface area contributed by atoms with Crippen LogP contribution in [0.25, 0.3) is 66.5 Å². The third-order valence-electron chi connectivity index (χ3n) is 11.9. The first-order chi connectivity index (χ1) is 30.7. The van der Waals surface area contributed by atoms with E-state index in [9.17, 15) is 0 Å². The number of nitrogens with zero attached hydrogens (tertiary/aromatic N) is 3. The van der Waals surface area contributed by atoms with E-state index in [1.807, 2.05) is 30.3 Å². The van der Waals surface area contributed by atoms with E-state index in [1.54, 1.807) is 6.20 Å². The van der Waals surface area contributed by atoms with Crippen molar-refractivity contribution in [3.05, 3.63) is 231 Å². The average molecular weight is 809 g/mol. The fourth-order valence-electron chi connectivity index (χ4n) is 9.11. The number of para-hydroxylation sites is 5. The second kappa shape index (κ2) is 16.1. The molecule has 0 saturated heterocycles. The first-order valence-electron chi connectivity index (χ1n) is 20.9. The van der Waals surface area contributed by atoms with Crippen LogP contribution in [0.15, 0.2) is 231 Å². The molecule has 2 aliphatic rings. The summed E-state index contributed by atoms with van der Waals surface area (Å²) in [5.74, 6) is 0.839. The minimum atomic E-state index is 0.839. The van der Waals surface area contributed by atoms with Crippen molar-refractivity contribution in [2.75, 3.05) is 9.80 Å². The van der Waals surface area contributed by atoms with Crippen LogP contribution < -0.4 is 13.6 Å². The molecule has 2 aliphatic heterocycles. The summed E-state index contributed by atoms with van der Waals surface area (Å²) in [5, 5.41) is 1.11. The Balaban J connectivity index is 0.000000311. The second-order valence-electron chi connectivity index (χ2n) is 15.4. The Morgan fingerprint density at radius 3 is 1.03 bits per heavy atom. The van der Waals surface area contributed by atoms with Crippen LogP contribution in [-0.4, -0.2) is 21.6 Å². The Labute approximate surface area is 370 Å². The highest BCUT2D eigenvalue weighted by molar-refractivity contribution is 6.04. The number of pyridine rings is 1. The highest BCUT2D eigenvalue weighted by atomic mass is 27.1. The highest BCUT2D eigenvalue weighted by Gasteiger charge is 2.27. The molecule has 9 aromatic carbocycles. The molecule has 0 unspecified atom stereocenters. The minimum absolute atomic E-state index is 0.839. The summed E-state index contributed by atoms with van der Waals surface area (Å²) >= 11 is 1.47. The lowest BCUT2D eigenvalue weighted by molar-refractivity contribution is 0.622. The molecule has 0 N–H and O–H groups in total. The smallest absolute Gasteiger partial charge is 0.494 e. The maximum atomic E-state index is 5.19. The SMILES string of the molecule is [AlH][O]c1cccc2cccnc12.c1ccc2c(c1)-c1ccccc1N(c1ccc(-c3ccc(N4c5ccccc5-c5ccccc5-c5ccccc54)cc3)cc1)c1ccccc1-2. The number of fused-ring (bicyclic) bond motifs is 11. The van der Waals surface area contributed by atoms with Gasteiger partial charge in [-0.3, -0.25) is 4.98 Å². The number of benzene rings is 9. The van der Waals surface area contributed by atoms with Crippen molar-refractivity contribution in [2.24, 2.45) is 0 Å². The summed E-state index contributed by atoms with van der Waals surface area (Å²) in [6.45, 7) is 0. The number of anilines is 6. The zero-order valence-electron chi connectivity index (χ0n) is 33.9. The van der Waals surface area contributed by atoms with Crippen molar-refractivity contribution < 1.29 is 3.79 Å². The first-order valence-corrected chi connectivity index (χ1v) is 21.4. The summed E-state index contributed by atoms with van der Waals surface area (Å²) in [6.07, 6.45) is 1.77. The molecule has 1 radical (unpaired) electrons. The van der Waals surface area contributed by atoms with Gasteiger partial charge in [-0.15, -0.1) is 0 Å². The van der Waals surface area contributed by atoms with Gasteiger partial charge in [0.2, 0.25) is 0 Å². The van der Waals surface area contributed by atoms with Crippen LogP contribution in [0, 0.1) is 0 Å². The Hall–Kier alpha value is -7.68. The van der Waals surface area contributed by atoms with Gasteiger partial charge in [-0.2, -0.15) is 0 Å². The van der Waals surface area contributed by atoms with Gasteiger partial charge in [-0.05, 0) is 94.0 Å². The molecule has 0 fully saturated rings. The molecule has 4 nitrogen and oxygen atoms in total. The van der Waals surface area contributed by atoms with Crippen LogP contribution >= 0.6 is 0 Å². The van der Waals surface area contributed by atoms with Gasteiger partial charge in [0.05, 0.1) is 22.7 Å². The number of aromatic nitrogens is 1. The molecule has 0 saturated carbocycles. The Morgan fingerprint density at radius 1 is 0.323 bits per heavy atom. The molecule has 3 heterocycles. The van der Waals surface area contributed by atoms with E-state index >= 15 is 0 Å².